The first kappa shape index (κ1) is 21.5. The first-order valence-electron chi connectivity index (χ1n) is 9.82. The molecule has 1 heterocycles. The number of nitrogens with zero attached hydrogens (tertiary/aromatic N) is 1. The number of unbranched alkanes of at least 4 members (excludes halogenated alkanes) is 10. The molecule has 1 fully saturated rings. The molecule has 0 atom stereocenters. The van der Waals surface area contributed by atoms with Crippen LogP contribution >= 0.6 is 0 Å². The molecule has 1 aliphatic heterocycles. The van der Waals surface area contributed by atoms with E-state index in [4.69, 9.17) is 0 Å². The van der Waals surface area contributed by atoms with Crippen LogP contribution in [0.25, 0.3) is 0 Å². The standard InChI is InChI=1S/C20H39N.FH/c1-3-5-7-8-9-10-11-12-13-14-16-20-17-15-19-21(20)18-6-4-2;/h16H,3-15,17-19H2,1-2H3;1H. The van der Waals surface area contributed by atoms with Gasteiger partial charge < -0.3 is 4.90 Å². The van der Waals surface area contributed by atoms with E-state index in [9.17, 15) is 0 Å². The minimum absolute atomic E-state index is 0. The van der Waals surface area contributed by atoms with Gasteiger partial charge in [-0.2, -0.15) is 0 Å². The van der Waals surface area contributed by atoms with Crippen molar-refractivity contribution >= 4 is 0 Å². The molecule has 1 nitrogen and oxygen atoms in total. The number of halogens is 1. The van der Waals surface area contributed by atoms with Crippen LogP contribution in [0.15, 0.2) is 11.8 Å². The van der Waals surface area contributed by atoms with Gasteiger partial charge in [0.05, 0.1) is 0 Å². The Kier molecular flexibility index (Phi) is 15.0. The highest BCUT2D eigenvalue weighted by Gasteiger charge is 2.15. The first-order valence-corrected chi connectivity index (χ1v) is 9.82. The van der Waals surface area contributed by atoms with Crippen molar-refractivity contribution in [1.29, 1.82) is 0 Å². The molecule has 0 saturated carbocycles. The van der Waals surface area contributed by atoms with Crippen molar-refractivity contribution < 1.29 is 4.70 Å². The van der Waals surface area contributed by atoms with Crippen LogP contribution in [0.5, 0.6) is 0 Å². The highest BCUT2D eigenvalue weighted by Crippen LogP contribution is 2.22. The highest BCUT2D eigenvalue weighted by molar-refractivity contribution is 5.05. The summed E-state index contributed by atoms with van der Waals surface area (Å²) in [6, 6.07) is 0. The maximum Gasteiger partial charge on any atom is 0.0178 e. The van der Waals surface area contributed by atoms with Crippen molar-refractivity contribution in [2.45, 2.75) is 104 Å². The average molecular weight is 314 g/mol. The highest BCUT2D eigenvalue weighted by atomic mass is 19.0. The van der Waals surface area contributed by atoms with Gasteiger partial charge in [0.15, 0.2) is 0 Å². The smallest absolute Gasteiger partial charge is 0.0178 e. The summed E-state index contributed by atoms with van der Waals surface area (Å²) in [5.41, 5.74) is 1.66. The Hall–Kier alpha value is -0.530. The quantitative estimate of drug-likeness (QED) is 0.336. The summed E-state index contributed by atoms with van der Waals surface area (Å²) in [4.78, 5) is 2.64. The summed E-state index contributed by atoms with van der Waals surface area (Å²) >= 11 is 0. The molecule has 1 aliphatic rings. The second-order valence-electron chi connectivity index (χ2n) is 6.76. The van der Waals surface area contributed by atoms with E-state index in [1.807, 2.05) is 0 Å². The van der Waals surface area contributed by atoms with Crippen LogP contribution in [0.2, 0.25) is 0 Å². The molecule has 0 aromatic carbocycles. The fraction of sp³-hybridized carbons (Fsp3) is 0.900. The molecule has 0 spiro atoms. The summed E-state index contributed by atoms with van der Waals surface area (Å²) in [6.45, 7) is 7.19. The summed E-state index contributed by atoms with van der Waals surface area (Å²) in [5, 5.41) is 0. The lowest BCUT2D eigenvalue weighted by Crippen LogP contribution is -2.18. The summed E-state index contributed by atoms with van der Waals surface area (Å²) in [6.07, 6.45) is 22.2. The van der Waals surface area contributed by atoms with Gasteiger partial charge in [0.1, 0.15) is 0 Å². The second kappa shape index (κ2) is 15.4. The predicted octanol–water partition coefficient (Wildman–Crippen LogP) is 6.84. The Morgan fingerprint density at radius 1 is 0.818 bits per heavy atom. The van der Waals surface area contributed by atoms with E-state index >= 15 is 0 Å². The molecule has 0 aliphatic carbocycles. The molecular weight excluding hydrogens is 273 g/mol. The van der Waals surface area contributed by atoms with Crippen LogP contribution < -0.4 is 0 Å². The molecule has 132 valence electrons. The topological polar surface area (TPSA) is 3.24 Å². The monoisotopic (exact) mass is 313 g/mol. The fourth-order valence-electron chi connectivity index (χ4n) is 3.31. The third kappa shape index (κ3) is 10.2. The minimum atomic E-state index is 0. The zero-order valence-corrected chi connectivity index (χ0v) is 15.2. The predicted molar refractivity (Wildman–Crippen MR) is 98.1 cm³/mol. The van der Waals surface area contributed by atoms with Crippen LogP contribution in [0.4, 0.5) is 4.70 Å². The minimum Gasteiger partial charge on any atom is -0.375 e. The number of rotatable bonds is 13. The third-order valence-corrected chi connectivity index (χ3v) is 4.74. The van der Waals surface area contributed by atoms with E-state index in [1.54, 1.807) is 5.70 Å². The molecular formula is C20H40FN. The van der Waals surface area contributed by atoms with E-state index in [0.717, 1.165) is 0 Å². The lowest BCUT2D eigenvalue weighted by Gasteiger charge is -2.19. The Morgan fingerprint density at radius 2 is 1.41 bits per heavy atom. The molecule has 1 saturated heterocycles. The van der Waals surface area contributed by atoms with Crippen molar-refractivity contribution in [1.82, 2.24) is 4.90 Å². The Bertz CT molecular complexity index is 262. The summed E-state index contributed by atoms with van der Waals surface area (Å²) < 4.78 is 0. The molecule has 1 rings (SSSR count). The normalized spacial score (nSPS) is 16.3. The van der Waals surface area contributed by atoms with Crippen molar-refractivity contribution in [3.63, 3.8) is 0 Å². The van der Waals surface area contributed by atoms with Crippen molar-refractivity contribution in [3.8, 4) is 0 Å². The maximum absolute atomic E-state index is 2.64. The van der Waals surface area contributed by atoms with Gasteiger partial charge in [-0.25, -0.2) is 0 Å². The van der Waals surface area contributed by atoms with Crippen LogP contribution in [0, 0.1) is 0 Å². The number of allylic oxidation sites excluding steroid dienone is 2. The van der Waals surface area contributed by atoms with E-state index in [1.165, 1.54) is 103 Å². The average Bonchev–Trinajstić information content (AvgIpc) is 2.94. The van der Waals surface area contributed by atoms with Gasteiger partial charge in [-0.05, 0) is 32.1 Å². The second-order valence-corrected chi connectivity index (χ2v) is 6.76. The van der Waals surface area contributed by atoms with E-state index in [-0.39, 0.29) is 4.70 Å². The van der Waals surface area contributed by atoms with Gasteiger partial charge in [-0.1, -0.05) is 77.7 Å². The zero-order valence-electron chi connectivity index (χ0n) is 15.2. The molecule has 0 unspecified atom stereocenters. The van der Waals surface area contributed by atoms with E-state index in [2.05, 4.69) is 24.8 Å². The van der Waals surface area contributed by atoms with Gasteiger partial charge in [0.25, 0.3) is 0 Å². The maximum atomic E-state index is 2.64. The first-order chi connectivity index (χ1) is 10.4. The fourth-order valence-corrected chi connectivity index (χ4v) is 3.31. The number of hydrogen-bond donors (Lipinski definition) is 0. The van der Waals surface area contributed by atoms with Crippen molar-refractivity contribution in [2.75, 3.05) is 13.1 Å². The molecule has 0 bridgehead atoms. The third-order valence-electron chi connectivity index (χ3n) is 4.74. The van der Waals surface area contributed by atoms with Gasteiger partial charge in [0, 0.05) is 18.8 Å². The van der Waals surface area contributed by atoms with Crippen LogP contribution in [-0.2, 0) is 0 Å². The molecule has 22 heavy (non-hydrogen) atoms. The Balaban J connectivity index is 0.00000441. The van der Waals surface area contributed by atoms with E-state index < -0.39 is 0 Å². The largest absolute Gasteiger partial charge is 0.375 e. The van der Waals surface area contributed by atoms with Crippen LogP contribution in [0.3, 0.4) is 0 Å². The molecule has 0 aromatic rings. The number of likely N-dealkylation sites (tertiary alicyclic amines) is 1. The zero-order chi connectivity index (χ0) is 15.2. The molecule has 0 aromatic heterocycles. The lowest BCUT2D eigenvalue weighted by atomic mass is 10.1. The lowest BCUT2D eigenvalue weighted by molar-refractivity contribution is 0.381. The Morgan fingerprint density at radius 3 is 2.05 bits per heavy atom. The van der Waals surface area contributed by atoms with Crippen LogP contribution in [-0.4, -0.2) is 18.0 Å². The SMILES string of the molecule is CCCCCCCCCCCC=C1CCCN1CCCC.F. The summed E-state index contributed by atoms with van der Waals surface area (Å²) in [5.74, 6) is 0. The molecule has 0 N–H and O–H groups in total. The van der Waals surface area contributed by atoms with Crippen molar-refractivity contribution in [2.24, 2.45) is 0 Å². The summed E-state index contributed by atoms with van der Waals surface area (Å²) in [7, 11) is 0. The van der Waals surface area contributed by atoms with Gasteiger partial charge >= 0.3 is 0 Å². The van der Waals surface area contributed by atoms with Crippen LogP contribution in [0.1, 0.15) is 104 Å². The van der Waals surface area contributed by atoms with Gasteiger partial charge in [-0.15, -0.1) is 0 Å². The molecule has 0 radical (unpaired) electrons. The van der Waals surface area contributed by atoms with Crippen molar-refractivity contribution in [3.05, 3.63) is 11.8 Å². The van der Waals surface area contributed by atoms with Gasteiger partial charge in [0.2, 0.25) is 0 Å². The molecule has 2 heteroatoms. The van der Waals surface area contributed by atoms with Gasteiger partial charge in [-0.3, -0.25) is 4.70 Å². The Labute approximate surface area is 138 Å². The molecule has 0 amide bonds. The van der Waals surface area contributed by atoms with E-state index in [0.29, 0.717) is 0 Å². The number of hydrogen-bond acceptors (Lipinski definition) is 1.